The van der Waals surface area contributed by atoms with E-state index in [0.29, 0.717) is 17.5 Å². The molecule has 0 aliphatic rings. The van der Waals surface area contributed by atoms with Crippen molar-refractivity contribution in [2.75, 3.05) is 13.2 Å². The lowest BCUT2D eigenvalue weighted by Crippen LogP contribution is -2.41. The summed E-state index contributed by atoms with van der Waals surface area (Å²) >= 11 is 1.44. The minimum absolute atomic E-state index is 0.453. The first kappa shape index (κ1) is 19.6. The van der Waals surface area contributed by atoms with Crippen molar-refractivity contribution in [1.82, 2.24) is 15.6 Å². The van der Waals surface area contributed by atoms with Gasteiger partial charge in [-0.25, -0.2) is 14.6 Å². The number of amides is 3. The Labute approximate surface area is 155 Å². The van der Waals surface area contributed by atoms with Gasteiger partial charge in [0.1, 0.15) is 5.01 Å². The van der Waals surface area contributed by atoms with Gasteiger partial charge in [0.2, 0.25) is 0 Å². The van der Waals surface area contributed by atoms with Gasteiger partial charge in [0.25, 0.3) is 5.91 Å². The minimum atomic E-state index is -0.686. The van der Waals surface area contributed by atoms with Crippen LogP contribution in [-0.2, 0) is 14.3 Å². The molecule has 0 atom stereocenters. The number of benzene rings is 1. The van der Waals surface area contributed by atoms with Crippen molar-refractivity contribution in [2.45, 2.75) is 20.3 Å². The lowest BCUT2D eigenvalue weighted by atomic mass is 10.1. The molecular formula is C18H21N3O4S. The van der Waals surface area contributed by atoms with Gasteiger partial charge in [-0.3, -0.25) is 10.1 Å². The molecule has 0 aliphatic carbocycles. The number of nitrogens with zero attached hydrogens (tertiary/aromatic N) is 1. The van der Waals surface area contributed by atoms with E-state index in [4.69, 9.17) is 4.74 Å². The summed E-state index contributed by atoms with van der Waals surface area (Å²) < 4.78 is 5.82. The Morgan fingerprint density at radius 2 is 2.04 bits per heavy atom. The van der Waals surface area contributed by atoms with E-state index < -0.39 is 24.5 Å². The summed E-state index contributed by atoms with van der Waals surface area (Å²) in [6.45, 7) is 4.01. The van der Waals surface area contributed by atoms with E-state index in [9.17, 15) is 14.4 Å². The Hall–Kier alpha value is -2.74. The summed E-state index contributed by atoms with van der Waals surface area (Å²) in [5, 5.41) is 5.32. The molecular weight excluding hydrogens is 354 g/mol. The summed E-state index contributed by atoms with van der Waals surface area (Å²) in [5.74, 6) is -0.914. The summed E-state index contributed by atoms with van der Waals surface area (Å²) in [5.41, 5.74) is 0.855. The van der Waals surface area contributed by atoms with Crippen LogP contribution in [0.4, 0.5) is 4.79 Å². The summed E-state index contributed by atoms with van der Waals surface area (Å²) in [6.07, 6.45) is 3.55. The fraction of sp³-hybridized carbons (Fsp3) is 0.333. The first-order chi connectivity index (χ1) is 12.4. The zero-order valence-corrected chi connectivity index (χ0v) is 15.5. The number of aromatic nitrogens is 1. The van der Waals surface area contributed by atoms with E-state index in [1.54, 1.807) is 0 Å². The molecule has 0 saturated heterocycles. The molecule has 138 valence electrons. The van der Waals surface area contributed by atoms with Gasteiger partial charge in [-0.05, 0) is 30.5 Å². The topological polar surface area (TPSA) is 97.4 Å². The van der Waals surface area contributed by atoms with Crippen LogP contribution in [0, 0.1) is 5.92 Å². The Kier molecular flexibility index (Phi) is 7.28. The van der Waals surface area contributed by atoms with E-state index in [2.05, 4.69) is 15.6 Å². The van der Waals surface area contributed by atoms with Gasteiger partial charge in [0.15, 0.2) is 6.61 Å². The average molecular weight is 375 g/mol. The van der Waals surface area contributed by atoms with Gasteiger partial charge >= 0.3 is 12.0 Å². The highest BCUT2D eigenvalue weighted by Gasteiger charge is 2.09. The standard InChI is InChI=1S/C18H21N3O4S/c1-12(2)9-10-19-18(24)21-15(22)11-25-17(23)8-7-16-20-13-5-3-4-6-14(13)26-16/h3-8,12H,9-11H2,1-2H3,(H2,19,21,22,24)/b8-7+. The Balaban J connectivity index is 1.72. The summed E-state index contributed by atoms with van der Waals surface area (Å²) in [4.78, 5) is 39.0. The third-order valence-corrected chi connectivity index (χ3v) is 4.28. The van der Waals surface area contributed by atoms with Crippen molar-refractivity contribution in [3.05, 3.63) is 35.3 Å². The molecule has 0 aliphatic heterocycles. The molecule has 3 amide bonds. The molecule has 1 aromatic heterocycles. The predicted molar refractivity (Wildman–Crippen MR) is 101 cm³/mol. The number of carbonyl (C=O) groups excluding carboxylic acids is 3. The highest BCUT2D eigenvalue weighted by Crippen LogP contribution is 2.22. The van der Waals surface area contributed by atoms with Crippen LogP contribution in [0.2, 0.25) is 0 Å². The van der Waals surface area contributed by atoms with E-state index >= 15 is 0 Å². The molecule has 1 heterocycles. The van der Waals surface area contributed by atoms with Gasteiger partial charge in [-0.2, -0.15) is 0 Å². The second-order valence-electron chi connectivity index (χ2n) is 5.95. The van der Waals surface area contributed by atoms with Gasteiger partial charge in [-0.15, -0.1) is 11.3 Å². The fourth-order valence-electron chi connectivity index (χ4n) is 1.97. The first-order valence-corrected chi connectivity index (χ1v) is 9.04. The van der Waals surface area contributed by atoms with Crippen LogP contribution in [0.1, 0.15) is 25.3 Å². The number of carbonyl (C=O) groups is 3. The number of imide groups is 1. The lowest BCUT2D eigenvalue weighted by Gasteiger charge is -2.08. The molecule has 0 fully saturated rings. The van der Waals surface area contributed by atoms with Gasteiger partial charge in [-0.1, -0.05) is 26.0 Å². The van der Waals surface area contributed by atoms with Crippen LogP contribution >= 0.6 is 11.3 Å². The molecule has 0 radical (unpaired) electrons. The predicted octanol–water partition coefficient (Wildman–Crippen LogP) is 2.72. The van der Waals surface area contributed by atoms with E-state index in [1.165, 1.54) is 23.5 Å². The number of hydrogen-bond acceptors (Lipinski definition) is 6. The maximum absolute atomic E-state index is 11.7. The highest BCUT2D eigenvalue weighted by molar-refractivity contribution is 7.19. The second kappa shape index (κ2) is 9.67. The molecule has 0 saturated carbocycles. The van der Waals surface area contributed by atoms with Crippen LogP contribution in [0.3, 0.4) is 0 Å². The van der Waals surface area contributed by atoms with Crippen molar-refractivity contribution in [2.24, 2.45) is 5.92 Å². The molecule has 26 heavy (non-hydrogen) atoms. The third-order valence-electron chi connectivity index (χ3n) is 3.28. The number of hydrogen-bond donors (Lipinski definition) is 2. The molecule has 2 N–H and O–H groups in total. The van der Waals surface area contributed by atoms with E-state index in [0.717, 1.165) is 16.6 Å². The zero-order chi connectivity index (χ0) is 18.9. The Morgan fingerprint density at radius 1 is 1.27 bits per heavy atom. The maximum Gasteiger partial charge on any atom is 0.331 e. The number of ether oxygens (including phenoxy) is 1. The molecule has 0 spiro atoms. The van der Waals surface area contributed by atoms with Crippen LogP contribution in [-0.4, -0.2) is 36.0 Å². The largest absolute Gasteiger partial charge is 0.452 e. The van der Waals surface area contributed by atoms with Crippen molar-refractivity contribution in [3.63, 3.8) is 0 Å². The molecule has 0 bridgehead atoms. The SMILES string of the molecule is CC(C)CCNC(=O)NC(=O)COC(=O)/C=C/c1nc2ccccc2s1. The number of esters is 1. The highest BCUT2D eigenvalue weighted by atomic mass is 32.1. The van der Waals surface area contributed by atoms with Crippen LogP contribution < -0.4 is 10.6 Å². The smallest absolute Gasteiger partial charge is 0.331 e. The third kappa shape index (κ3) is 6.64. The zero-order valence-electron chi connectivity index (χ0n) is 14.7. The van der Waals surface area contributed by atoms with Gasteiger partial charge in [0.05, 0.1) is 10.2 Å². The molecule has 0 unspecified atom stereocenters. The number of nitrogens with one attached hydrogen (secondary N) is 2. The van der Waals surface area contributed by atoms with Crippen LogP contribution in [0.15, 0.2) is 30.3 Å². The second-order valence-corrected chi connectivity index (χ2v) is 7.01. The number of para-hydroxylation sites is 1. The Morgan fingerprint density at radius 3 is 2.77 bits per heavy atom. The van der Waals surface area contributed by atoms with Crippen LogP contribution in [0.5, 0.6) is 0 Å². The normalized spacial score (nSPS) is 11.0. The van der Waals surface area contributed by atoms with Crippen molar-refractivity contribution >= 4 is 45.5 Å². The van der Waals surface area contributed by atoms with E-state index in [1.807, 2.05) is 38.1 Å². The molecule has 8 heteroatoms. The molecule has 2 rings (SSSR count). The monoisotopic (exact) mass is 375 g/mol. The lowest BCUT2D eigenvalue weighted by molar-refractivity contribution is -0.143. The number of urea groups is 1. The summed E-state index contributed by atoms with van der Waals surface area (Å²) in [7, 11) is 0. The van der Waals surface area contributed by atoms with Crippen molar-refractivity contribution in [1.29, 1.82) is 0 Å². The van der Waals surface area contributed by atoms with Crippen molar-refractivity contribution < 1.29 is 19.1 Å². The Bertz CT molecular complexity index is 781. The fourth-order valence-corrected chi connectivity index (χ4v) is 2.84. The van der Waals surface area contributed by atoms with Gasteiger partial charge in [0, 0.05) is 12.6 Å². The molecule has 1 aromatic carbocycles. The number of fused-ring (bicyclic) bond motifs is 1. The molecule has 2 aromatic rings. The maximum atomic E-state index is 11.7. The molecule has 7 nitrogen and oxygen atoms in total. The number of rotatable bonds is 7. The van der Waals surface area contributed by atoms with Crippen molar-refractivity contribution in [3.8, 4) is 0 Å². The average Bonchev–Trinajstić information content (AvgIpc) is 3.00. The quantitative estimate of drug-likeness (QED) is 0.573. The van der Waals surface area contributed by atoms with Crippen LogP contribution in [0.25, 0.3) is 16.3 Å². The summed E-state index contributed by atoms with van der Waals surface area (Å²) in [6, 6.07) is 7.04. The first-order valence-electron chi connectivity index (χ1n) is 8.22. The number of thiazole rings is 1. The van der Waals surface area contributed by atoms with E-state index in [-0.39, 0.29) is 0 Å². The minimum Gasteiger partial charge on any atom is -0.452 e. The van der Waals surface area contributed by atoms with Gasteiger partial charge < -0.3 is 10.1 Å².